The Morgan fingerprint density at radius 2 is 2.00 bits per heavy atom. The summed E-state index contributed by atoms with van der Waals surface area (Å²) in [6, 6.07) is 0.441. The number of nitrogens with two attached hydrogens (primary N) is 1. The van der Waals surface area contributed by atoms with Gasteiger partial charge in [0.15, 0.2) is 5.11 Å². The molecule has 1 aliphatic carbocycles. The summed E-state index contributed by atoms with van der Waals surface area (Å²) in [5, 5.41) is 3.81. The zero-order valence-corrected chi connectivity index (χ0v) is 9.37. The van der Waals surface area contributed by atoms with Gasteiger partial charge in [0.05, 0.1) is 0 Å². The first kappa shape index (κ1) is 10.7. The van der Waals surface area contributed by atoms with Crippen molar-refractivity contribution in [3.05, 3.63) is 0 Å². The zero-order chi connectivity index (χ0) is 10.1. The van der Waals surface area contributed by atoms with E-state index in [2.05, 4.69) is 31.5 Å². The Hall–Kier alpha value is -0.350. The number of hydrogen-bond donors (Lipinski definition) is 3. The van der Waals surface area contributed by atoms with E-state index in [1.165, 1.54) is 12.8 Å². The zero-order valence-electron chi connectivity index (χ0n) is 8.55. The van der Waals surface area contributed by atoms with Gasteiger partial charge in [-0.05, 0) is 36.4 Å². The van der Waals surface area contributed by atoms with E-state index in [0.29, 0.717) is 11.2 Å². The van der Waals surface area contributed by atoms with E-state index in [9.17, 15) is 0 Å². The average Bonchev–Trinajstić information content (AvgIpc) is 2.80. The monoisotopic (exact) mass is 201 g/mol. The van der Waals surface area contributed by atoms with Crippen LogP contribution in [-0.4, -0.2) is 11.2 Å². The van der Waals surface area contributed by atoms with E-state index in [1.807, 2.05) is 0 Å². The van der Waals surface area contributed by atoms with Crippen molar-refractivity contribution in [1.82, 2.24) is 10.7 Å². The molecule has 4 heteroatoms. The minimum absolute atomic E-state index is 0.238. The topological polar surface area (TPSA) is 50.1 Å². The van der Waals surface area contributed by atoms with E-state index in [-0.39, 0.29) is 5.41 Å². The van der Waals surface area contributed by atoms with Crippen LogP contribution >= 0.6 is 12.2 Å². The lowest BCUT2D eigenvalue weighted by Crippen LogP contribution is -2.50. The van der Waals surface area contributed by atoms with E-state index < -0.39 is 0 Å². The molecule has 1 aliphatic rings. The SMILES string of the molecule is CC(C)(C)C(NC(=S)NN)C1CC1. The summed E-state index contributed by atoms with van der Waals surface area (Å²) >= 11 is 5.00. The molecule has 1 fully saturated rings. The average molecular weight is 201 g/mol. The smallest absolute Gasteiger partial charge is 0.180 e. The Morgan fingerprint density at radius 1 is 1.46 bits per heavy atom. The van der Waals surface area contributed by atoms with Crippen molar-refractivity contribution >= 4 is 17.3 Å². The molecule has 0 heterocycles. The first-order chi connectivity index (χ1) is 5.95. The Morgan fingerprint density at radius 3 is 2.31 bits per heavy atom. The van der Waals surface area contributed by atoms with Crippen molar-refractivity contribution in [2.24, 2.45) is 17.2 Å². The molecule has 0 bridgehead atoms. The van der Waals surface area contributed by atoms with Crippen LogP contribution in [0.3, 0.4) is 0 Å². The van der Waals surface area contributed by atoms with Crippen molar-refractivity contribution in [3.8, 4) is 0 Å². The van der Waals surface area contributed by atoms with Crippen LogP contribution in [0, 0.1) is 11.3 Å². The molecule has 76 valence electrons. The molecular formula is C9H19N3S. The molecule has 0 aromatic rings. The number of nitrogens with one attached hydrogen (secondary N) is 2. The van der Waals surface area contributed by atoms with Gasteiger partial charge < -0.3 is 10.7 Å². The second kappa shape index (κ2) is 3.80. The fourth-order valence-electron chi connectivity index (χ4n) is 1.65. The van der Waals surface area contributed by atoms with Gasteiger partial charge in [0, 0.05) is 6.04 Å². The van der Waals surface area contributed by atoms with Gasteiger partial charge in [0.1, 0.15) is 0 Å². The van der Waals surface area contributed by atoms with Crippen LogP contribution in [-0.2, 0) is 0 Å². The fourth-order valence-corrected chi connectivity index (χ4v) is 1.78. The molecule has 0 amide bonds. The minimum Gasteiger partial charge on any atom is -0.358 e. The third kappa shape index (κ3) is 3.12. The molecule has 1 unspecified atom stereocenters. The normalized spacial score (nSPS) is 19.4. The molecule has 1 saturated carbocycles. The molecule has 1 rings (SSSR count). The Kier molecular flexibility index (Phi) is 3.14. The van der Waals surface area contributed by atoms with Crippen LogP contribution in [0.1, 0.15) is 33.6 Å². The van der Waals surface area contributed by atoms with Gasteiger partial charge in [-0.1, -0.05) is 20.8 Å². The lowest BCUT2D eigenvalue weighted by molar-refractivity contribution is 0.268. The molecule has 0 aliphatic heterocycles. The van der Waals surface area contributed by atoms with Crippen LogP contribution in [0.5, 0.6) is 0 Å². The molecular weight excluding hydrogens is 182 g/mol. The van der Waals surface area contributed by atoms with E-state index in [1.54, 1.807) is 0 Å². The predicted octanol–water partition coefficient (Wildman–Crippen LogP) is 1.15. The van der Waals surface area contributed by atoms with Crippen molar-refractivity contribution in [2.75, 3.05) is 0 Å². The van der Waals surface area contributed by atoms with Gasteiger partial charge in [-0.15, -0.1) is 0 Å². The van der Waals surface area contributed by atoms with Crippen molar-refractivity contribution < 1.29 is 0 Å². The summed E-state index contributed by atoms with van der Waals surface area (Å²) in [4.78, 5) is 0. The standard InChI is InChI=1S/C9H19N3S/c1-9(2,3)7(6-4-5-6)11-8(13)12-10/h6-7H,4-5,10H2,1-3H3,(H2,11,12,13). The molecule has 1 atom stereocenters. The lowest BCUT2D eigenvalue weighted by atomic mass is 9.84. The van der Waals surface area contributed by atoms with Gasteiger partial charge in [0.2, 0.25) is 0 Å². The quantitative estimate of drug-likeness (QED) is 0.356. The summed E-state index contributed by atoms with van der Waals surface area (Å²) in [5.41, 5.74) is 2.71. The summed E-state index contributed by atoms with van der Waals surface area (Å²) in [6.45, 7) is 6.67. The van der Waals surface area contributed by atoms with Crippen LogP contribution in [0.15, 0.2) is 0 Å². The summed E-state index contributed by atoms with van der Waals surface area (Å²) in [5.74, 6) is 6.00. The highest BCUT2D eigenvalue weighted by Crippen LogP contribution is 2.40. The second-order valence-electron chi connectivity index (χ2n) is 4.80. The van der Waals surface area contributed by atoms with Crippen LogP contribution in [0.25, 0.3) is 0 Å². The van der Waals surface area contributed by atoms with Crippen LogP contribution < -0.4 is 16.6 Å². The Bertz CT molecular complexity index is 194. The molecule has 13 heavy (non-hydrogen) atoms. The number of rotatable bonds is 2. The van der Waals surface area contributed by atoms with Gasteiger partial charge in [-0.3, -0.25) is 0 Å². The maximum Gasteiger partial charge on any atom is 0.180 e. The molecule has 4 N–H and O–H groups in total. The molecule has 3 nitrogen and oxygen atoms in total. The lowest BCUT2D eigenvalue weighted by Gasteiger charge is -2.32. The third-order valence-electron chi connectivity index (χ3n) is 2.44. The van der Waals surface area contributed by atoms with Gasteiger partial charge in [0.25, 0.3) is 0 Å². The van der Waals surface area contributed by atoms with E-state index >= 15 is 0 Å². The Labute approximate surface area is 85.4 Å². The molecule has 0 spiro atoms. The van der Waals surface area contributed by atoms with Gasteiger partial charge in [-0.25, -0.2) is 5.84 Å². The summed E-state index contributed by atoms with van der Waals surface area (Å²) in [7, 11) is 0. The van der Waals surface area contributed by atoms with Crippen molar-refractivity contribution in [3.63, 3.8) is 0 Å². The van der Waals surface area contributed by atoms with Crippen molar-refractivity contribution in [1.29, 1.82) is 0 Å². The number of thiocarbonyl (C=S) groups is 1. The Balaban J connectivity index is 2.53. The fraction of sp³-hybridized carbons (Fsp3) is 0.889. The number of hydrogen-bond acceptors (Lipinski definition) is 2. The first-order valence-electron chi connectivity index (χ1n) is 4.72. The first-order valence-corrected chi connectivity index (χ1v) is 5.13. The highest BCUT2D eigenvalue weighted by molar-refractivity contribution is 7.80. The van der Waals surface area contributed by atoms with Gasteiger partial charge >= 0.3 is 0 Å². The molecule has 0 saturated heterocycles. The molecule has 0 radical (unpaired) electrons. The molecule has 0 aromatic heterocycles. The van der Waals surface area contributed by atoms with E-state index in [0.717, 1.165) is 5.92 Å². The highest BCUT2D eigenvalue weighted by Gasteiger charge is 2.38. The second-order valence-corrected chi connectivity index (χ2v) is 5.21. The third-order valence-corrected chi connectivity index (χ3v) is 2.68. The van der Waals surface area contributed by atoms with E-state index in [4.69, 9.17) is 18.1 Å². The maximum atomic E-state index is 5.23. The highest BCUT2D eigenvalue weighted by atomic mass is 32.1. The van der Waals surface area contributed by atoms with Crippen LogP contribution in [0.2, 0.25) is 0 Å². The van der Waals surface area contributed by atoms with Gasteiger partial charge in [-0.2, -0.15) is 0 Å². The van der Waals surface area contributed by atoms with Crippen molar-refractivity contribution in [2.45, 2.75) is 39.7 Å². The summed E-state index contributed by atoms with van der Waals surface area (Å²) in [6.07, 6.45) is 2.62. The number of hydrazine groups is 1. The minimum atomic E-state index is 0.238. The maximum absolute atomic E-state index is 5.23. The largest absolute Gasteiger partial charge is 0.358 e. The summed E-state index contributed by atoms with van der Waals surface area (Å²) < 4.78 is 0. The molecule has 0 aromatic carbocycles. The predicted molar refractivity (Wildman–Crippen MR) is 59.0 cm³/mol. The van der Waals surface area contributed by atoms with Crippen LogP contribution in [0.4, 0.5) is 0 Å².